The van der Waals surface area contributed by atoms with Crippen LogP contribution in [-0.4, -0.2) is 35.0 Å². The molecule has 2 aromatic heterocycles. The lowest BCUT2D eigenvalue weighted by Crippen LogP contribution is -2.19. The van der Waals surface area contributed by atoms with E-state index in [-0.39, 0.29) is 16.9 Å². The number of aromatic nitrogens is 2. The fraction of sp³-hybridized carbons (Fsp3) is 0.294. The summed E-state index contributed by atoms with van der Waals surface area (Å²) in [6, 6.07) is 7.48. The van der Waals surface area contributed by atoms with Gasteiger partial charge >= 0.3 is 0 Å². The summed E-state index contributed by atoms with van der Waals surface area (Å²) in [7, 11) is 3.23. The molecule has 0 fully saturated rings. The highest BCUT2D eigenvalue weighted by molar-refractivity contribution is 7.20. The van der Waals surface area contributed by atoms with Crippen LogP contribution in [0.15, 0.2) is 29.1 Å². The summed E-state index contributed by atoms with van der Waals surface area (Å²) in [6.07, 6.45) is 0. The Hall–Kier alpha value is -2.38. The van der Waals surface area contributed by atoms with Crippen LogP contribution in [0.25, 0.3) is 21.5 Å². The van der Waals surface area contributed by atoms with Crippen molar-refractivity contribution in [2.45, 2.75) is 6.92 Å². The van der Waals surface area contributed by atoms with Crippen molar-refractivity contribution in [3.8, 4) is 22.1 Å². The minimum Gasteiger partial charge on any atom is -0.505 e. The average Bonchev–Trinajstić information content (AvgIpc) is 3.00. The quantitative estimate of drug-likeness (QED) is 0.719. The molecule has 1 N–H and O–H groups in total. The minimum atomic E-state index is -0.289. The molecule has 3 rings (SSSR count). The number of hydrogen-bond donors (Lipinski definition) is 1. The van der Waals surface area contributed by atoms with Crippen molar-refractivity contribution < 1.29 is 14.6 Å². The Balaban J connectivity index is 2.19. The van der Waals surface area contributed by atoms with Crippen LogP contribution >= 0.6 is 11.3 Å². The molecular formula is C17H18N2O4S. The fourth-order valence-electron chi connectivity index (χ4n) is 2.52. The lowest BCUT2D eigenvalue weighted by Gasteiger charge is -2.10. The van der Waals surface area contributed by atoms with Crippen molar-refractivity contribution in [1.82, 2.24) is 9.55 Å². The van der Waals surface area contributed by atoms with Crippen molar-refractivity contribution in [3.05, 3.63) is 40.2 Å². The number of pyridine rings is 1. The first-order valence-electron chi connectivity index (χ1n) is 7.44. The summed E-state index contributed by atoms with van der Waals surface area (Å²) >= 11 is 1.21. The first kappa shape index (κ1) is 16.5. The molecule has 0 radical (unpaired) electrons. The lowest BCUT2D eigenvalue weighted by molar-refractivity contribution is 0.146. The molecule has 3 aromatic rings. The van der Waals surface area contributed by atoms with Crippen LogP contribution in [0, 0.1) is 6.92 Å². The zero-order chi connectivity index (χ0) is 17.3. The first-order chi connectivity index (χ1) is 11.5. The number of hydrogen-bond acceptors (Lipinski definition) is 6. The third-order valence-electron chi connectivity index (χ3n) is 3.81. The van der Waals surface area contributed by atoms with Crippen molar-refractivity contribution in [1.29, 1.82) is 0 Å². The zero-order valence-electron chi connectivity index (χ0n) is 13.7. The second-order valence-corrected chi connectivity index (χ2v) is 6.34. The molecule has 0 amide bonds. The van der Waals surface area contributed by atoms with Crippen LogP contribution in [0.4, 0.5) is 0 Å². The molecule has 0 saturated carbocycles. The highest BCUT2D eigenvalue weighted by Crippen LogP contribution is 2.39. The van der Waals surface area contributed by atoms with Crippen LogP contribution in [-0.2, 0) is 11.8 Å². The van der Waals surface area contributed by atoms with Gasteiger partial charge in [0.15, 0.2) is 5.65 Å². The molecule has 6 nitrogen and oxygen atoms in total. The number of rotatable bonds is 5. The number of methoxy groups -OCH3 is 1. The molecule has 0 spiro atoms. The maximum Gasteiger partial charge on any atom is 0.276 e. The summed E-state index contributed by atoms with van der Waals surface area (Å²) < 4.78 is 12.4. The molecule has 2 heterocycles. The van der Waals surface area contributed by atoms with E-state index < -0.39 is 0 Å². The van der Waals surface area contributed by atoms with E-state index in [1.54, 1.807) is 14.2 Å². The van der Waals surface area contributed by atoms with E-state index in [2.05, 4.69) is 4.98 Å². The van der Waals surface area contributed by atoms with E-state index in [9.17, 15) is 9.90 Å². The number of benzene rings is 1. The van der Waals surface area contributed by atoms with E-state index in [0.29, 0.717) is 34.3 Å². The van der Waals surface area contributed by atoms with Crippen molar-refractivity contribution in [3.63, 3.8) is 0 Å². The van der Waals surface area contributed by atoms with Gasteiger partial charge in [-0.3, -0.25) is 9.36 Å². The zero-order valence-corrected chi connectivity index (χ0v) is 14.5. The normalized spacial score (nSPS) is 11.1. The van der Waals surface area contributed by atoms with E-state index in [1.807, 2.05) is 31.2 Å². The SMILES string of the molecule is COCCOc1nc2c(s1)c(O)c(-c1ccccc1C)c(=O)n2C. The lowest BCUT2D eigenvalue weighted by atomic mass is 10.0. The van der Waals surface area contributed by atoms with Crippen LogP contribution in [0.1, 0.15) is 5.56 Å². The summed E-state index contributed by atoms with van der Waals surface area (Å²) in [4.78, 5) is 17.0. The van der Waals surface area contributed by atoms with Crippen LogP contribution < -0.4 is 10.3 Å². The molecule has 24 heavy (non-hydrogen) atoms. The van der Waals surface area contributed by atoms with Crippen LogP contribution in [0.2, 0.25) is 0 Å². The second-order valence-electron chi connectivity index (χ2n) is 5.38. The molecule has 0 aliphatic rings. The van der Waals surface area contributed by atoms with Gasteiger partial charge in [0.05, 0.1) is 12.2 Å². The Labute approximate surface area is 142 Å². The predicted octanol–water partition coefficient (Wildman–Crippen LogP) is 2.70. The number of fused-ring (bicyclic) bond motifs is 1. The molecule has 7 heteroatoms. The Bertz CT molecular complexity index is 946. The number of aryl methyl sites for hydroxylation is 2. The number of thiazole rings is 1. The van der Waals surface area contributed by atoms with E-state index in [0.717, 1.165) is 5.56 Å². The molecule has 0 aliphatic carbocycles. The van der Waals surface area contributed by atoms with Crippen LogP contribution in [0.5, 0.6) is 10.9 Å². The number of nitrogens with zero attached hydrogens (tertiary/aromatic N) is 2. The van der Waals surface area contributed by atoms with Gasteiger partial charge in [-0.05, 0) is 18.1 Å². The Morgan fingerprint density at radius 2 is 2.04 bits per heavy atom. The first-order valence-corrected chi connectivity index (χ1v) is 8.26. The maximum absolute atomic E-state index is 12.7. The van der Waals surface area contributed by atoms with Crippen molar-refractivity contribution >= 4 is 21.7 Å². The van der Waals surface area contributed by atoms with E-state index >= 15 is 0 Å². The van der Waals surface area contributed by atoms with Gasteiger partial charge in [-0.1, -0.05) is 35.6 Å². The third-order valence-corrected chi connectivity index (χ3v) is 4.77. The smallest absolute Gasteiger partial charge is 0.276 e. The summed E-state index contributed by atoms with van der Waals surface area (Å²) in [5.41, 5.74) is 2.04. The fourth-order valence-corrected chi connectivity index (χ4v) is 3.45. The minimum absolute atomic E-state index is 0.0542. The van der Waals surface area contributed by atoms with Gasteiger partial charge in [0.1, 0.15) is 17.1 Å². The number of aromatic hydroxyl groups is 1. The van der Waals surface area contributed by atoms with Gasteiger partial charge in [0.25, 0.3) is 10.8 Å². The standard InChI is InChI=1S/C17H18N2O4S/c1-10-6-4-5-7-11(10)12-13(20)14-15(19(2)16(12)21)18-17(24-14)23-9-8-22-3/h4-7,20H,8-9H2,1-3H3. The second kappa shape index (κ2) is 6.62. The molecule has 0 bridgehead atoms. The van der Waals surface area contributed by atoms with Crippen molar-refractivity contribution in [2.24, 2.45) is 7.05 Å². The van der Waals surface area contributed by atoms with Gasteiger partial charge in [-0.2, -0.15) is 4.98 Å². The molecule has 0 saturated heterocycles. The highest BCUT2D eigenvalue weighted by Gasteiger charge is 2.21. The Kier molecular flexibility index (Phi) is 4.55. The van der Waals surface area contributed by atoms with Gasteiger partial charge in [-0.15, -0.1) is 0 Å². The van der Waals surface area contributed by atoms with Crippen molar-refractivity contribution in [2.75, 3.05) is 20.3 Å². The van der Waals surface area contributed by atoms with Gasteiger partial charge in [0, 0.05) is 14.2 Å². The molecule has 126 valence electrons. The summed E-state index contributed by atoms with van der Waals surface area (Å²) in [6.45, 7) is 2.70. The highest BCUT2D eigenvalue weighted by atomic mass is 32.1. The Morgan fingerprint density at radius 1 is 1.29 bits per heavy atom. The monoisotopic (exact) mass is 346 g/mol. The molecule has 0 atom stereocenters. The van der Waals surface area contributed by atoms with Gasteiger partial charge in [0.2, 0.25) is 0 Å². The Morgan fingerprint density at radius 3 is 2.75 bits per heavy atom. The number of ether oxygens (including phenoxy) is 2. The van der Waals surface area contributed by atoms with E-state index in [4.69, 9.17) is 9.47 Å². The molecule has 1 aromatic carbocycles. The summed E-state index contributed by atoms with van der Waals surface area (Å²) in [5.74, 6) is -0.0542. The molecule has 0 unspecified atom stereocenters. The molecule has 0 aliphatic heterocycles. The van der Waals surface area contributed by atoms with Crippen LogP contribution in [0.3, 0.4) is 0 Å². The third kappa shape index (κ3) is 2.76. The van der Waals surface area contributed by atoms with E-state index in [1.165, 1.54) is 15.9 Å². The van der Waals surface area contributed by atoms with Gasteiger partial charge in [-0.25, -0.2) is 0 Å². The maximum atomic E-state index is 12.7. The predicted molar refractivity (Wildman–Crippen MR) is 94.1 cm³/mol. The topological polar surface area (TPSA) is 73.6 Å². The van der Waals surface area contributed by atoms with Gasteiger partial charge < -0.3 is 14.6 Å². The average molecular weight is 346 g/mol. The largest absolute Gasteiger partial charge is 0.505 e. The molecular weight excluding hydrogens is 328 g/mol. The summed E-state index contributed by atoms with van der Waals surface area (Å²) in [5, 5.41) is 11.1.